The zero-order valence-electron chi connectivity index (χ0n) is 11.6. The lowest BCUT2D eigenvalue weighted by molar-refractivity contribution is -0.144. The van der Waals surface area contributed by atoms with E-state index in [-0.39, 0.29) is 18.6 Å². The maximum atomic E-state index is 11.6. The topological polar surface area (TPSA) is 68.5 Å². The van der Waals surface area contributed by atoms with E-state index in [1.165, 1.54) is 12.2 Å². The summed E-state index contributed by atoms with van der Waals surface area (Å²) in [7, 11) is 0. The molecule has 1 amide bonds. The van der Waals surface area contributed by atoms with Crippen LogP contribution in [0.5, 0.6) is 0 Å². The summed E-state index contributed by atoms with van der Waals surface area (Å²) < 4.78 is 10.1. The van der Waals surface area contributed by atoms with E-state index in [0.29, 0.717) is 5.76 Å². The molecule has 1 heterocycles. The Hall–Kier alpha value is -2.04. The molecule has 0 aliphatic heterocycles. The fraction of sp³-hybridized carbons (Fsp3) is 0.467. The molecule has 0 radical (unpaired) electrons. The molecule has 0 unspecified atom stereocenters. The maximum Gasteiger partial charge on any atom is 0.331 e. The summed E-state index contributed by atoms with van der Waals surface area (Å²) in [6.07, 6.45) is 7.09. The SMILES string of the molecule is Cc1ccc(C=CC(=O)OCC(=O)NC2CCCC2)o1. The molecule has 0 saturated heterocycles. The summed E-state index contributed by atoms with van der Waals surface area (Å²) in [5.41, 5.74) is 0. The van der Waals surface area contributed by atoms with Gasteiger partial charge in [-0.3, -0.25) is 4.79 Å². The van der Waals surface area contributed by atoms with Crippen LogP contribution in [-0.2, 0) is 14.3 Å². The molecule has 0 bridgehead atoms. The lowest BCUT2D eigenvalue weighted by Gasteiger charge is -2.11. The summed E-state index contributed by atoms with van der Waals surface area (Å²) in [5.74, 6) is 0.553. The van der Waals surface area contributed by atoms with Crippen LogP contribution in [0.1, 0.15) is 37.2 Å². The normalized spacial score (nSPS) is 15.7. The molecular weight excluding hydrogens is 258 g/mol. The van der Waals surface area contributed by atoms with E-state index < -0.39 is 5.97 Å². The van der Waals surface area contributed by atoms with Crippen LogP contribution in [0.3, 0.4) is 0 Å². The zero-order valence-corrected chi connectivity index (χ0v) is 11.6. The van der Waals surface area contributed by atoms with Crippen LogP contribution in [0.4, 0.5) is 0 Å². The first kappa shape index (κ1) is 14.4. The molecule has 5 heteroatoms. The van der Waals surface area contributed by atoms with Gasteiger partial charge in [0.25, 0.3) is 5.91 Å². The summed E-state index contributed by atoms with van der Waals surface area (Å²) in [6, 6.07) is 3.80. The number of carbonyl (C=O) groups is 2. The number of amides is 1. The molecule has 1 saturated carbocycles. The van der Waals surface area contributed by atoms with Crippen molar-refractivity contribution in [3.05, 3.63) is 29.7 Å². The molecule has 108 valence electrons. The lowest BCUT2D eigenvalue weighted by Crippen LogP contribution is -2.35. The Morgan fingerprint density at radius 3 is 2.80 bits per heavy atom. The van der Waals surface area contributed by atoms with E-state index in [2.05, 4.69) is 5.32 Å². The molecule has 0 spiro atoms. The molecule has 0 atom stereocenters. The molecule has 2 rings (SSSR count). The minimum Gasteiger partial charge on any atom is -0.462 e. The van der Waals surface area contributed by atoms with E-state index in [4.69, 9.17) is 9.15 Å². The van der Waals surface area contributed by atoms with Crippen LogP contribution in [-0.4, -0.2) is 24.5 Å². The average molecular weight is 277 g/mol. The number of furan rings is 1. The Labute approximate surface area is 118 Å². The maximum absolute atomic E-state index is 11.6. The van der Waals surface area contributed by atoms with Crippen molar-refractivity contribution in [2.75, 3.05) is 6.61 Å². The molecular formula is C15H19NO4. The molecule has 1 aromatic rings. The largest absolute Gasteiger partial charge is 0.462 e. The zero-order chi connectivity index (χ0) is 14.4. The number of hydrogen-bond acceptors (Lipinski definition) is 4. The number of esters is 1. The third kappa shape index (κ3) is 4.57. The second-order valence-electron chi connectivity index (χ2n) is 4.94. The smallest absolute Gasteiger partial charge is 0.331 e. The van der Waals surface area contributed by atoms with E-state index >= 15 is 0 Å². The van der Waals surface area contributed by atoms with Gasteiger partial charge in [0.15, 0.2) is 6.61 Å². The Balaban J connectivity index is 1.69. The number of aryl methyl sites for hydroxylation is 1. The molecule has 0 aromatic carbocycles. The summed E-state index contributed by atoms with van der Waals surface area (Å²) in [4.78, 5) is 23.0. The Morgan fingerprint density at radius 1 is 1.40 bits per heavy atom. The summed E-state index contributed by atoms with van der Waals surface area (Å²) in [6.45, 7) is 1.58. The Kier molecular flexibility index (Phi) is 4.98. The van der Waals surface area contributed by atoms with Gasteiger partial charge in [-0.1, -0.05) is 12.8 Å². The summed E-state index contributed by atoms with van der Waals surface area (Å²) in [5, 5.41) is 2.85. The molecule has 5 nitrogen and oxygen atoms in total. The van der Waals surface area contributed by atoms with E-state index in [1.54, 1.807) is 12.1 Å². The van der Waals surface area contributed by atoms with E-state index in [1.807, 2.05) is 6.92 Å². The van der Waals surface area contributed by atoms with Crippen molar-refractivity contribution in [2.45, 2.75) is 38.6 Å². The highest BCUT2D eigenvalue weighted by atomic mass is 16.5. The fourth-order valence-corrected chi connectivity index (χ4v) is 2.22. The summed E-state index contributed by atoms with van der Waals surface area (Å²) >= 11 is 0. The van der Waals surface area contributed by atoms with Crippen LogP contribution >= 0.6 is 0 Å². The van der Waals surface area contributed by atoms with Gasteiger partial charge in [0, 0.05) is 12.1 Å². The molecule has 20 heavy (non-hydrogen) atoms. The minimum absolute atomic E-state index is 0.239. The quantitative estimate of drug-likeness (QED) is 0.661. The highest BCUT2D eigenvalue weighted by molar-refractivity contribution is 5.88. The van der Waals surface area contributed by atoms with Gasteiger partial charge in [-0.2, -0.15) is 0 Å². The van der Waals surface area contributed by atoms with Gasteiger partial charge in [0.2, 0.25) is 0 Å². The van der Waals surface area contributed by atoms with Gasteiger partial charge in [-0.05, 0) is 38.0 Å². The number of nitrogens with one attached hydrogen (secondary N) is 1. The van der Waals surface area contributed by atoms with Gasteiger partial charge < -0.3 is 14.5 Å². The standard InChI is InChI=1S/C15H19NO4/c1-11-6-7-13(20-11)8-9-15(18)19-10-14(17)16-12-4-2-3-5-12/h6-9,12H,2-5,10H2,1H3,(H,16,17). The minimum atomic E-state index is -0.555. The highest BCUT2D eigenvalue weighted by Gasteiger charge is 2.17. The molecule has 1 N–H and O–H groups in total. The lowest BCUT2D eigenvalue weighted by atomic mass is 10.2. The van der Waals surface area contributed by atoms with Gasteiger partial charge in [-0.15, -0.1) is 0 Å². The monoisotopic (exact) mass is 277 g/mol. The van der Waals surface area contributed by atoms with Crippen molar-refractivity contribution < 1.29 is 18.7 Å². The van der Waals surface area contributed by atoms with Crippen LogP contribution in [0.15, 0.2) is 22.6 Å². The number of ether oxygens (including phenoxy) is 1. The van der Waals surface area contributed by atoms with Crippen molar-refractivity contribution in [2.24, 2.45) is 0 Å². The van der Waals surface area contributed by atoms with Crippen molar-refractivity contribution in [3.63, 3.8) is 0 Å². The van der Waals surface area contributed by atoms with Gasteiger partial charge in [0.05, 0.1) is 0 Å². The van der Waals surface area contributed by atoms with Crippen LogP contribution < -0.4 is 5.32 Å². The highest BCUT2D eigenvalue weighted by Crippen LogP contribution is 2.17. The van der Waals surface area contributed by atoms with Crippen molar-refractivity contribution in [1.82, 2.24) is 5.32 Å². The Bertz CT molecular complexity index is 498. The molecule has 1 aliphatic carbocycles. The van der Waals surface area contributed by atoms with Crippen LogP contribution in [0.25, 0.3) is 6.08 Å². The number of hydrogen-bond donors (Lipinski definition) is 1. The van der Waals surface area contributed by atoms with Crippen molar-refractivity contribution in [3.8, 4) is 0 Å². The first-order valence-corrected chi connectivity index (χ1v) is 6.84. The third-order valence-corrected chi connectivity index (χ3v) is 3.21. The van der Waals surface area contributed by atoms with Gasteiger partial charge in [-0.25, -0.2) is 4.79 Å². The predicted molar refractivity (Wildman–Crippen MR) is 73.8 cm³/mol. The van der Waals surface area contributed by atoms with Gasteiger partial charge >= 0.3 is 5.97 Å². The second-order valence-corrected chi connectivity index (χ2v) is 4.94. The molecule has 1 aromatic heterocycles. The molecule has 1 fully saturated rings. The molecule has 1 aliphatic rings. The number of rotatable bonds is 5. The van der Waals surface area contributed by atoms with E-state index in [0.717, 1.165) is 31.4 Å². The number of carbonyl (C=O) groups excluding carboxylic acids is 2. The van der Waals surface area contributed by atoms with Crippen LogP contribution in [0, 0.1) is 6.92 Å². The third-order valence-electron chi connectivity index (χ3n) is 3.21. The predicted octanol–water partition coefficient (Wildman–Crippen LogP) is 2.20. The van der Waals surface area contributed by atoms with Crippen molar-refractivity contribution >= 4 is 18.0 Å². The fourth-order valence-electron chi connectivity index (χ4n) is 2.22. The average Bonchev–Trinajstić information content (AvgIpc) is 3.05. The van der Waals surface area contributed by atoms with Crippen LogP contribution in [0.2, 0.25) is 0 Å². The Morgan fingerprint density at radius 2 is 2.15 bits per heavy atom. The van der Waals surface area contributed by atoms with E-state index in [9.17, 15) is 9.59 Å². The first-order chi connectivity index (χ1) is 9.63. The first-order valence-electron chi connectivity index (χ1n) is 6.84. The second kappa shape index (κ2) is 6.93. The van der Waals surface area contributed by atoms with Gasteiger partial charge in [0.1, 0.15) is 11.5 Å². The van der Waals surface area contributed by atoms with Crippen molar-refractivity contribution in [1.29, 1.82) is 0 Å².